The van der Waals surface area contributed by atoms with Gasteiger partial charge < -0.3 is 10.2 Å². The number of aromatic nitrogens is 1. The van der Waals surface area contributed by atoms with Gasteiger partial charge in [0.05, 0.1) is 0 Å². The van der Waals surface area contributed by atoms with Crippen LogP contribution in [-0.2, 0) is 0 Å². The number of rotatable bonds is 3. The number of carbonyl (C=O) groups excluding carboxylic acids is 1. The highest BCUT2D eigenvalue weighted by atomic mass is 16.4. The number of nitrogens with one attached hydrogen (secondary N) is 1. The van der Waals surface area contributed by atoms with Crippen molar-refractivity contribution in [2.45, 2.75) is 19.8 Å². The van der Waals surface area contributed by atoms with Crippen molar-refractivity contribution in [2.75, 3.05) is 5.32 Å². The van der Waals surface area contributed by atoms with Crippen molar-refractivity contribution in [3.8, 4) is 11.3 Å². The topological polar surface area (TPSA) is 81.1 Å². The van der Waals surface area contributed by atoms with Crippen LogP contribution < -0.4 is 11.1 Å². The number of amides is 2. The molecule has 0 fully saturated rings. The predicted octanol–water partition coefficient (Wildman–Crippen LogP) is 2.96. The highest BCUT2D eigenvalue weighted by Crippen LogP contribution is 2.30. The molecule has 0 aliphatic rings. The molecule has 0 saturated heterocycles. The van der Waals surface area contributed by atoms with Gasteiger partial charge >= 0.3 is 6.03 Å². The second kappa shape index (κ2) is 4.91. The van der Waals surface area contributed by atoms with E-state index in [4.69, 9.17) is 10.2 Å². The molecule has 2 aromatic rings. The largest absolute Gasteiger partial charge is 0.424 e. The zero-order valence-electron chi connectivity index (χ0n) is 10.3. The summed E-state index contributed by atoms with van der Waals surface area (Å²) in [6.45, 7) is 3.93. The number of nitrogens with two attached hydrogens (primary N) is 1. The molecule has 18 heavy (non-hydrogen) atoms. The first kappa shape index (κ1) is 12.2. The van der Waals surface area contributed by atoms with Crippen LogP contribution in [0.15, 0.2) is 34.7 Å². The number of hydrogen-bond donors (Lipinski definition) is 2. The van der Waals surface area contributed by atoms with E-state index in [1.807, 2.05) is 44.2 Å². The molecule has 0 atom stereocenters. The quantitative estimate of drug-likeness (QED) is 0.872. The number of nitrogens with zero attached hydrogens (tertiary/aromatic N) is 1. The number of hydrogen-bond acceptors (Lipinski definition) is 3. The molecule has 0 spiro atoms. The van der Waals surface area contributed by atoms with Crippen LogP contribution in [0.4, 0.5) is 10.7 Å². The smallest absolute Gasteiger partial charge is 0.319 e. The van der Waals surface area contributed by atoms with Gasteiger partial charge in [0.15, 0.2) is 5.89 Å². The third kappa shape index (κ3) is 2.51. The zero-order valence-corrected chi connectivity index (χ0v) is 10.3. The van der Waals surface area contributed by atoms with E-state index in [1.54, 1.807) is 0 Å². The zero-order chi connectivity index (χ0) is 13.1. The number of benzene rings is 1. The maximum absolute atomic E-state index is 11.0. The van der Waals surface area contributed by atoms with Crippen LogP contribution in [0.2, 0.25) is 0 Å². The minimum Gasteiger partial charge on any atom is -0.424 e. The molecule has 2 amide bonds. The molecule has 94 valence electrons. The van der Waals surface area contributed by atoms with Crippen LogP contribution >= 0.6 is 0 Å². The molecule has 0 saturated carbocycles. The van der Waals surface area contributed by atoms with Crippen LogP contribution in [0, 0.1) is 0 Å². The summed E-state index contributed by atoms with van der Waals surface area (Å²) in [7, 11) is 0. The normalized spacial score (nSPS) is 10.6. The Morgan fingerprint density at radius 2 is 2.00 bits per heavy atom. The van der Waals surface area contributed by atoms with Crippen LogP contribution in [-0.4, -0.2) is 11.0 Å². The summed E-state index contributed by atoms with van der Waals surface area (Å²) in [4.78, 5) is 15.4. The summed E-state index contributed by atoms with van der Waals surface area (Å²) in [5.74, 6) is 0.992. The van der Waals surface area contributed by atoms with E-state index >= 15 is 0 Å². The number of urea groups is 1. The fourth-order valence-electron chi connectivity index (χ4n) is 1.57. The molecule has 0 aliphatic heterocycles. The number of carbonyl (C=O) groups is 1. The van der Waals surface area contributed by atoms with E-state index in [-0.39, 0.29) is 11.8 Å². The molecule has 1 heterocycles. The van der Waals surface area contributed by atoms with Crippen molar-refractivity contribution >= 4 is 11.9 Å². The monoisotopic (exact) mass is 245 g/mol. The lowest BCUT2D eigenvalue weighted by atomic mass is 10.1. The Bertz CT molecular complexity index is 547. The van der Waals surface area contributed by atoms with Gasteiger partial charge in [-0.25, -0.2) is 9.78 Å². The van der Waals surface area contributed by atoms with Crippen LogP contribution in [0.5, 0.6) is 0 Å². The van der Waals surface area contributed by atoms with Gasteiger partial charge in [-0.05, 0) is 0 Å². The Kier molecular flexibility index (Phi) is 3.32. The summed E-state index contributed by atoms with van der Waals surface area (Å²) in [5, 5.41) is 2.46. The van der Waals surface area contributed by atoms with Crippen molar-refractivity contribution < 1.29 is 9.21 Å². The first-order valence-corrected chi connectivity index (χ1v) is 5.70. The van der Waals surface area contributed by atoms with Gasteiger partial charge in [0.1, 0.15) is 5.69 Å². The SMILES string of the molecule is CC(C)c1nc(-c2ccccc2)c(NC(N)=O)o1. The van der Waals surface area contributed by atoms with Crippen LogP contribution in [0.3, 0.4) is 0 Å². The summed E-state index contributed by atoms with van der Waals surface area (Å²) in [6.07, 6.45) is 0. The van der Waals surface area contributed by atoms with Crippen LogP contribution in [0.1, 0.15) is 25.7 Å². The van der Waals surface area contributed by atoms with Gasteiger partial charge in [-0.1, -0.05) is 44.2 Å². The third-order valence-corrected chi connectivity index (χ3v) is 2.42. The summed E-state index contributed by atoms with van der Waals surface area (Å²) in [6, 6.07) is 8.83. The molecule has 5 heteroatoms. The molecule has 5 nitrogen and oxygen atoms in total. The standard InChI is InChI=1S/C13H15N3O2/c1-8(2)11-15-10(9-6-4-3-5-7-9)12(18-11)16-13(14)17/h3-8H,1-2H3,(H3,14,16,17). The lowest BCUT2D eigenvalue weighted by Gasteiger charge is -2.00. The van der Waals surface area contributed by atoms with E-state index in [1.165, 1.54) is 0 Å². The minimum absolute atomic E-state index is 0.135. The van der Waals surface area contributed by atoms with E-state index in [0.29, 0.717) is 11.6 Å². The van der Waals surface area contributed by atoms with Crippen molar-refractivity contribution in [3.05, 3.63) is 36.2 Å². The highest BCUT2D eigenvalue weighted by molar-refractivity contribution is 5.90. The minimum atomic E-state index is -0.668. The molecule has 3 N–H and O–H groups in total. The predicted molar refractivity (Wildman–Crippen MR) is 69.2 cm³/mol. The van der Waals surface area contributed by atoms with E-state index in [9.17, 15) is 4.79 Å². The van der Waals surface area contributed by atoms with Gasteiger partial charge in [0, 0.05) is 11.5 Å². The van der Waals surface area contributed by atoms with Crippen molar-refractivity contribution in [1.82, 2.24) is 4.98 Å². The first-order valence-electron chi connectivity index (χ1n) is 5.70. The Labute approximate surface area is 105 Å². The molecule has 1 aromatic carbocycles. The van der Waals surface area contributed by atoms with E-state index < -0.39 is 6.03 Å². The van der Waals surface area contributed by atoms with Gasteiger partial charge in [-0.3, -0.25) is 5.32 Å². The Balaban J connectivity index is 2.47. The lowest BCUT2D eigenvalue weighted by molar-refractivity contribution is 0.258. The maximum atomic E-state index is 11.0. The highest BCUT2D eigenvalue weighted by Gasteiger charge is 2.17. The average molecular weight is 245 g/mol. The van der Waals surface area contributed by atoms with Crippen molar-refractivity contribution in [1.29, 1.82) is 0 Å². The maximum Gasteiger partial charge on any atom is 0.319 e. The van der Waals surface area contributed by atoms with Gasteiger partial charge in [0.25, 0.3) is 0 Å². The number of primary amides is 1. The Morgan fingerprint density at radius 1 is 1.33 bits per heavy atom. The molecular weight excluding hydrogens is 230 g/mol. The fourth-order valence-corrected chi connectivity index (χ4v) is 1.57. The molecule has 0 bridgehead atoms. The number of oxazole rings is 1. The van der Waals surface area contributed by atoms with Gasteiger partial charge in [0.2, 0.25) is 5.88 Å². The molecule has 0 unspecified atom stereocenters. The summed E-state index contributed by atoms with van der Waals surface area (Å²) in [5.41, 5.74) is 6.59. The van der Waals surface area contributed by atoms with Gasteiger partial charge in [-0.15, -0.1) is 0 Å². The summed E-state index contributed by atoms with van der Waals surface area (Å²) >= 11 is 0. The van der Waals surface area contributed by atoms with Crippen LogP contribution in [0.25, 0.3) is 11.3 Å². The number of anilines is 1. The summed E-state index contributed by atoms with van der Waals surface area (Å²) < 4.78 is 5.52. The molecule has 0 radical (unpaired) electrons. The van der Waals surface area contributed by atoms with Crippen molar-refractivity contribution in [2.24, 2.45) is 5.73 Å². The molecule has 2 rings (SSSR count). The van der Waals surface area contributed by atoms with Crippen molar-refractivity contribution in [3.63, 3.8) is 0 Å². The molecular formula is C13H15N3O2. The van der Waals surface area contributed by atoms with Gasteiger partial charge in [-0.2, -0.15) is 0 Å². The second-order valence-corrected chi connectivity index (χ2v) is 4.24. The fraction of sp³-hybridized carbons (Fsp3) is 0.231. The van der Waals surface area contributed by atoms with E-state index in [0.717, 1.165) is 5.56 Å². The first-order chi connectivity index (χ1) is 8.58. The third-order valence-electron chi connectivity index (χ3n) is 2.42. The average Bonchev–Trinajstić information content (AvgIpc) is 2.73. The van der Waals surface area contributed by atoms with E-state index in [2.05, 4.69) is 10.3 Å². The molecule has 1 aromatic heterocycles. The Morgan fingerprint density at radius 3 is 2.56 bits per heavy atom. The molecule has 0 aliphatic carbocycles. The second-order valence-electron chi connectivity index (χ2n) is 4.24. The lowest BCUT2D eigenvalue weighted by Crippen LogP contribution is -2.19. The Hall–Kier alpha value is -2.30.